The lowest BCUT2D eigenvalue weighted by molar-refractivity contribution is -0.132. The van der Waals surface area contributed by atoms with Gasteiger partial charge in [-0.3, -0.25) is 9.48 Å². The molecular formula is C14H23N3O4S. The Morgan fingerprint density at radius 2 is 2.23 bits per heavy atom. The zero-order valence-electron chi connectivity index (χ0n) is 13.3. The number of hydrogen-bond donors (Lipinski definition) is 0. The van der Waals surface area contributed by atoms with E-state index in [1.54, 1.807) is 9.58 Å². The van der Waals surface area contributed by atoms with Crippen LogP contribution in [0.25, 0.3) is 0 Å². The van der Waals surface area contributed by atoms with Gasteiger partial charge in [-0.15, -0.1) is 0 Å². The van der Waals surface area contributed by atoms with Crippen LogP contribution in [0.4, 0.5) is 0 Å². The lowest BCUT2D eigenvalue weighted by Crippen LogP contribution is -2.40. The Bertz CT molecular complexity index is 639. The lowest BCUT2D eigenvalue weighted by atomic mass is 9.97. The van der Waals surface area contributed by atoms with Crippen molar-refractivity contribution in [1.82, 2.24) is 14.7 Å². The first-order chi connectivity index (χ1) is 10.3. The molecule has 0 N–H and O–H groups in total. The number of hydrogen-bond acceptors (Lipinski definition) is 5. The van der Waals surface area contributed by atoms with Crippen molar-refractivity contribution in [2.45, 2.75) is 25.8 Å². The minimum absolute atomic E-state index is 0.0236. The highest BCUT2D eigenvalue weighted by molar-refractivity contribution is 7.90. The predicted octanol–water partition coefficient (Wildman–Crippen LogP) is 0.317. The van der Waals surface area contributed by atoms with Crippen molar-refractivity contribution in [1.29, 1.82) is 0 Å². The summed E-state index contributed by atoms with van der Waals surface area (Å²) in [6, 6.07) is 0. The van der Waals surface area contributed by atoms with Gasteiger partial charge in [0.1, 0.15) is 9.84 Å². The van der Waals surface area contributed by atoms with Crippen molar-refractivity contribution < 1.29 is 17.9 Å². The van der Waals surface area contributed by atoms with Crippen molar-refractivity contribution >= 4 is 15.7 Å². The normalized spacial score (nSPS) is 18.3. The number of nitrogens with zero attached hydrogens (tertiary/aromatic N) is 3. The Labute approximate surface area is 131 Å². The van der Waals surface area contributed by atoms with Crippen LogP contribution in [0, 0.1) is 0 Å². The van der Waals surface area contributed by atoms with E-state index >= 15 is 0 Å². The Morgan fingerprint density at radius 1 is 1.50 bits per heavy atom. The molecule has 7 nitrogen and oxygen atoms in total. The van der Waals surface area contributed by atoms with E-state index in [1.165, 1.54) is 0 Å². The summed E-state index contributed by atoms with van der Waals surface area (Å²) in [6.45, 7) is 4.05. The smallest absolute Gasteiger partial charge is 0.223 e. The van der Waals surface area contributed by atoms with E-state index in [2.05, 4.69) is 5.10 Å². The van der Waals surface area contributed by atoms with E-state index in [0.717, 1.165) is 17.5 Å². The molecule has 0 bridgehead atoms. The molecule has 22 heavy (non-hydrogen) atoms. The molecule has 1 atom stereocenters. The number of fused-ring (bicyclic) bond motifs is 1. The summed E-state index contributed by atoms with van der Waals surface area (Å²) in [7, 11) is -1.28. The summed E-state index contributed by atoms with van der Waals surface area (Å²) in [5.41, 5.74) is 1.98. The van der Waals surface area contributed by atoms with Crippen LogP contribution in [-0.4, -0.2) is 60.8 Å². The van der Waals surface area contributed by atoms with Gasteiger partial charge in [-0.2, -0.15) is 5.10 Å². The fourth-order valence-corrected chi connectivity index (χ4v) is 3.20. The van der Waals surface area contributed by atoms with Gasteiger partial charge < -0.3 is 9.64 Å². The van der Waals surface area contributed by atoms with Crippen molar-refractivity contribution in [3.63, 3.8) is 0 Å². The van der Waals surface area contributed by atoms with E-state index in [-0.39, 0.29) is 24.0 Å². The molecule has 0 aromatic carbocycles. The molecule has 1 aliphatic heterocycles. The maximum Gasteiger partial charge on any atom is 0.223 e. The monoisotopic (exact) mass is 329 g/mol. The zero-order chi connectivity index (χ0) is 16.3. The molecule has 0 saturated heterocycles. The Morgan fingerprint density at radius 3 is 2.86 bits per heavy atom. The zero-order valence-corrected chi connectivity index (χ0v) is 14.1. The molecule has 124 valence electrons. The molecule has 2 rings (SSSR count). The summed E-state index contributed by atoms with van der Waals surface area (Å²) in [4.78, 5) is 14.0. The molecule has 1 aromatic heterocycles. The summed E-state index contributed by atoms with van der Waals surface area (Å²) in [6.07, 6.45) is 3.08. The predicted molar refractivity (Wildman–Crippen MR) is 82.2 cm³/mol. The van der Waals surface area contributed by atoms with Crippen LogP contribution in [0.15, 0.2) is 6.20 Å². The molecule has 0 fully saturated rings. The van der Waals surface area contributed by atoms with Gasteiger partial charge in [0.05, 0.1) is 18.1 Å². The molecule has 2 heterocycles. The molecular weight excluding hydrogens is 306 g/mol. The highest BCUT2D eigenvalue weighted by Crippen LogP contribution is 2.27. The standard InChI is InChI=1S/C14H23N3O4S/c1-4-21-10-12-9-17(13(18)5-6-22(3,19)20)8-11-7-16(2)15-14(11)12/h7,12H,4-6,8-10H2,1-3H3. The molecule has 1 aromatic rings. The topological polar surface area (TPSA) is 81.5 Å². The summed E-state index contributed by atoms with van der Waals surface area (Å²) < 4.78 is 29.7. The largest absolute Gasteiger partial charge is 0.381 e. The minimum Gasteiger partial charge on any atom is -0.381 e. The quantitative estimate of drug-likeness (QED) is 0.750. The molecule has 0 saturated carbocycles. The summed E-state index contributed by atoms with van der Waals surface area (Å²) >= 11 is 0. The van der Waals surface area contributed by atoms with Gasteiger partial charge in [0.15, 0.2) is 0 Å². The molecule has 1 aliphatic rings. The molecule has 0 aliphatic carbocycles. The number of carbonyl (C=O) groups is 1. The summed E-state index contributed by atoms with van der Waals surface area (Å²) in [5.74, 6) is -0.216. The third kappa shape index (κ3) is 4.30. The van der Waals surface area contributed by atoms with Gasteiger partial charge in [-0.05, 0) is 6.92 Å². The van der Waals surface area contributed by atoms with Crippen LogP contribution in [0.3, 0.4) is 0 Å². The van der Waals surface area contributed by atoms with Gasteiger partial charge in [0, 0.05) is 57.1 Å². The second kappa shape index (κ2) is 6.78. The number of aromatic nitrogens is 2. The fourth-order valence-electron chi connectivity index (χ4n) is 2.66. The van der Waals surface area contributed by atoms with Crippen LogP contribution >= 0.6 is 0 Å². The molecule has 0 spiro atoms. The van der Waals surface area contributed by atoms with Crippen LogP contribution < -0.4 is 0 Å². The number of ether oxygens (including phenoxy) is 1. The Balaban J connectivity index is 2.10. The highest BCUT2D eigenvalue weighted by atomic mass is 32.2. The first-order valence-corrected chi connectivity index (χ1v) is 9.42. The number of sulfone groups is 1. The van der Waals surface area contributed by atoms with Gasteiger partial charge in [0.25, 0.3) is 0 Å². The van der Waals surface area contributed by atoms with Crippen molar-refractivity contribution in [2.24, 2.45) is 7.05 Å². The first-order valence-electron chi connectivity index (χ1n) is 7.35. The number of amides is 1. The third-order valence-corrected chi connectivity index (χ3v) is 4.63. The third-order valence-electron chi connectivity index (χ3n) is 3.69. The van der Waals surface area contributed by atoms with E-state index in [9.17, 15) is 13.2 Å². The second-order valence-electron chi connectivity index (χ2n) is 5.72. The maximum atomic E-state index is 12.3. The number of rotatable bonds is 6. The van der Waals surface area contributed by atoms with Crippen molar-refractivity contribution in [2.75, 3.05) is 31.8 Å². The van der Waals surface area contributed by atoms with Gasteiger partial charge in [0.2, 0.25) is 5.91 Å². The number of carbonyl (C=O) groups excluding carboxylic acids is 1. The van der Waals surface area contributed by atoms with Gasteiger partial charge >= 0.3 is 0 Å². The number of aryl methyl sites for hydroxylation is 1. The average molecular weight is 329 g/mol. The molecule has 1 unspecified atom stereocenters. The minimum atomic E-state index is -3.13. The average Bonchev–Trinajstić information content (AvgIpc) is 2.81. The molecule has 1 amide bonds. The Hall–Kier alpha value is -1.41. The van der Waals surface area contributed by atoms with Crippen molar-refractivity contribution in [3.8, 4) is 0 Å². The molecule has 8 heteroatoms. The van der Waals surface area contributed by atoms with E-state index in [0.29, 0.717) is 26.3 Å². The van der Waals surface area contributed by atoms with E-state index in [4.69, 9.17) is 4.74 Å². The summed E-state index contributed by atoms with van der Waals surface area (Å²) in [5, 5.41) is 4.47. The van der Waals surface area contributed by atoms with E-state index < -0.39 is 9.84 Å². The lowest BCUT2D eigenvalue weighted by Gasteiger charge is -2.32. The fraction of sp³-hybridized carbons (Fsp3) is 0.714. The second-order valence-corrected chi connectivity index (χ2v) is 7.98. The van der Waals surface area contributed by atoms with Crippen molar-refractivity contribution in [3.05, 3.63) is 17.5 Å². The van der Waals surface area contributed by atoms with Crippen LogP contribution in [0.1, 0.15) is 30.5 Å². The van der Waals surface area contributed by atoms with Gasteiger partial charge in [-0.25, -0.2) is 8.42 Å². The highest BCUT2D eigenvalue weighted by Gasteiger charge is 2.30. The first kappa shape index (κ1) is 17.0. The van der Waals surface area contributed by atoms with Gasteiger partial charge in [-0.1, -0.05) is 0 Å². The Kier molecular flexibility index (Phi) is 5.23. The van der Waals surface area contributed by atoms with Crippen LogP contribution in [-0.2, 0) is 33.0 Å². The SMILES string of the molecule is CCOCC1CN(C(=O)CCS(C)(=O)=O)Cc2cn(C)nc21. The molecule has 0 radical (unpaired) electrons. The van der Waals surface area contributed by atoms with Crippen LogP contribution in [0.2, 0.25) is 0 Å². The maximum absolute atomic E-state index is 12.3. The van der Waals surface area contributed by atoms with E-state index in [1.807, 2.05) is 20.2 Å². The van der Waals surface area contributed by atoms with Crippen LogP contribution in [0.5, 0.6) is 0 Å².